The van der Waals surface area contributed by atoms with Crippen LogP contribution in [0.3, 0.4) is 0 Å². The van der Waals surface area contributed by atoms with Gasteiger partial charge in [-0.2, -0.15) is 0 Å². The first-order valence-corrected chi connectivity index (χ1v) is 6.52. The minimum Gasteiger partial charge on any atom is -0.218 e. The van der Waals surface area contributed by atoms with Crippen molar-refractivity contribution < 1.29 is 8.42 Å². The second-order valence-electron chi connectivity index (χ2n) is 2.88. The van der Waals surface area contributed by atoms with Gasteiger partial charge in [0.15, 0.2) is 0 Å². The number of benzene rings is 1. The van der Waals surface area contributed by atoms with Crippen LogP contribution in [0.4, 0.5) is 0 Å². The van der Waals surface area contributed by atoms with E-state index in [0.717, 1.165) is 5.56 Å². The van der Waals surface area contributed by atoms with Crippen LogP contribution in [0.2, 0.25) is 0 Å². The van der Waals surface area contributed by atoms with Crippen molar-refractivity contribution in [2.24, 2.45) is 0 Å². The summed E-state index contributed by atoms with van der Waals surface area (Å²) in [6, 6.07) is 6.63. The van der Waals surface area contributed by atoms with Gasteiger partial charge in [0.2, 0.25) is 9.84 Å². The number of hydrogen-bond acceptors (Lipinski definition) is 2. The van der Waals surface area contributed by atoms with Crippen molar-refractivity contribution in [2.45, 2.75) is 11.8 Å². The lowest BCUT2D eigenvalue weighted by Gasteiger charge is -2.02. The third-order valence-corrected chi connectivity index (χ3v) is 4.84. The lowest BCUT2D eigenvalue weighted by atomic mass is 10.2. The Bertz CT molecular complexity index is 492. The van der Waals surface area contributed by atoms with Gasteiger partial charge in [0, 0.05) is 0 Å². The molecule has 0 radical (unpaired) electrons. The van der Waals surface area contributed by atoms with Crippen molar-refractivity contribution >= 4 is 17.9 Å². The quantitative estimate of drug-likeness (QED) is 0.726. The van der Waals surface area contributed by atoms with Crippen molar-refractivity contribution in [3.63, 3.8) is 0 Å². The fraction of sp³-hybridized carbons (Fsp3) is 0.100. The molecule has 4 heteroatoms. The van der Waals surface area contributed by atoms with Gasteiger partial charge in [-0.1, -0.05) is 32.3 Å². The molecule has 1 unspecified atom stereocenters. The molecule has 0 heterocycles. The van der Waals surface area contributed by atoms with E-state index in [4.69, 9.17) is 6.13 Å². The van der Waals surface area contributed by atoms with Crippen molar-refractivity contribution in [3.8, 4) is 6.13 Å². The summed E-state index contributed by atoms with van der Waals surface area (Å²) in [6.07, 6.45) is 5.27. The maximum absolute atomic E-state index is 11.7. The van der Waals surface area contributed by atoms with Gasteiger partial charge in [0.1, 0.15) is 0 Å². The molecule has 14 heavy (non-hydrogen) atoms. The zero-order valence-electron chi connectivity index (χ0n) is 7.82. The van der Waals surface area contributed by atoms with Crippen molar-refractivity contribution in [1.29, 1.82) is 0 Å². The van der Waals surface area contributed by atoms with E-state index in [9.17, 15) is 8.42 Å². The minimum atomic E-state index is -3.41. The van der Waals surface area contributed by atoms with Crippen LogP contribution >= 0.6 is 8.04 Å². The molecular formula is C10H11O2PS. The average molecular weight is 226 g/mol. The van der Waals surface area contributed by atoms with E-state index in [1.807, 2.05) is 6.92 Å². The summed E-state index contributed by atoms with van der Waals surface area (Å²) in [6.45, 7) is 5.34. The van der Waals surface area contributed by atoms with Gasteiger partial charge in [0.05, 0.1) is 9.54 Å². The maximum atomic E-state index is 11.7. The lowest BCUT2D eigenvalue weighted by Crippen LogP contribution is -1.99. The average Bonchev–Trinajstić information content (AvgIpc) is 2.17. The molecule has 1 aromatic rings. The van der Waals surface area contributed by atoms with Crippen molar-refractivity contribution in [1.82, 2.24) is 0 Å². The van der Waals surface area contributed by atoms with E-state index >= 15 is 0 Å². The van der Waals surface area contributed by atoms with Gasteiger partial charge in [-0.25, -0.2) is 8.42 Å². The topological polar surface area (TPSA) is 34.1 Å². The maximum Gasteiger partial charge on any atom is 0.210 e. The molecule has 0 aromatic heterocycles. The molecule has 1 rings (SSSR count). The molecule has 0 N–H and O–H groups in total. The third kappa shape index (κ3) is 2.08. The molecule has 0 amide bonds. The lowest BCUT2D eigenvalue weighted by molar-refractivity contribution is 0.604. The van der Waals surface area contributed by atoms with Crippen LogP contribution in [0.25, 0.3) is 0 Å². The smallest absolute Gasteiger partial charge is 0.210 e. The second kappa shape index (κ2) is 4.02. The largest absolute Gasteiger partial charge is 0.218 e. The Hall–Kier alpha value is -1.01. The molecule has 0 aliphatic rings. The zero-order chi connectivity index (χ0) is 10.8. The zero-order valence-corrected chi connectivity index (χ0v) is 9.64. The monoisotopic (exact) mass is 226 g/mol. The molecule has 0 saturated carbocycles. The van der Waals surface area contributed by atoms with E-state index in [1.165, 1.54) is 0 Å². The van der Waals surface area contributed by atoms with Gasteiger partial charge >= 0.3 is 0 Å². The summed E-state index contributed by atoms with van der Waals surface area (Å²) in [7, 11) is -3.69. The van der Waals surface area contributed by atoms with Crippen molar-refractivity contribution in [3.05, 3.63) is 41.1 Å². The molecule has 1 aromatic carbocycles. The standard InChI is InChI=1S/C10H11O2PS/c1-8-4-6-10(7-5-8)14(11,12)9(2)13-3/h3-7,13H,2H2,1H3. The summed E-state index contributed by atoms with van der Waals surface area (Å²) in [5, 5.41) is 0. The molecular weight excluding hydrogens is 215 g/mol. The van der Waals surface area contributed by atoms with Gasteiger partial charge in [-0.05, 0) is 19.1 Å². The third-order valence-electron chi connectivity index (χ3n) is 1.82. The molecule has 0 bridgehead atoms. The van der Waals surface area contributed by atoms with E-state index in [1.54, 1.807) is 24.3 Å². The molecule has 74 valence electrons. The Morgan fingerprint density at radius 2 is 1.86 bits per heavy atom. The van der Waals surface area contributed by atoms with Gasteiger partial charge in [-0.15, -0.1) is 6.13 Å². The first-order valence-electron chi connectivity index (χ1n) is 3.96. The van der Waals surface area contributed by atoms with Crippen molar-refractivity contribution in [2.75, 3.05) is 0 Å². The van der Waals surface area contributed by atoms with Crippen LogP contribution in [-0.4, -0.2) is 8.42 Å². The predicted octanol–water partition coefficient (Wildman–Crippen LogP) is 2.51. The van der Waals surface area contributed by atoms with Crippen LogP contribution in [-0.2, 0) is 9.84 Å². The number of hydrogen-bond donors (Lipinski definition) is 0. The van der Waals surface area contributed by atoms with E-state index < -0.39 is 9.84 Å². The van der Waals surface area contributed by atoms with Crippen LogP contribution < -0.4 is 0 Å². The molecule has 0 spiro atoms. The normalized spacial score (nSPS) is 11.4. The van der Waals surface area contributed by atoms with Crippen LogP contribution in [0.5, 0.6) is 0 Å². The fourth-order valence-electron chi connectivity index (χ4n) is 0.937. The Labute approximate surface area is 85.7 Å². The highest BCUT2D eigenvalue weighted by Gasteiger charge is 2.15. The second-order valence-corrected chi connectivity index (χ2v) is 6.11. The predicted molar refractivity (Wildman–Crippen MR) is 60.8 cm³/mol. The Morgan fingerprint density at radius 3 is 2.29 bits per heavy atom. The molecule has 2 nitrogen and oxygen atoms in total. The van der Waals surface area contributed by atoms with E-state index in [0.29, 0.717) is 0 Å². The minimum absolute atomic E-state index is 0.0707. The van der Waals surface area contributed by atoms with E-state index in [-0.39, 0.29) is 17.6 Å². The first kappa shape index (κ1) is 11.1. The van der Waals surface area contributed by atoms with E-state index in [2.05, 4.69) is 6.58 Å². The van der Waals surface area contributed by atoms with Gasteiger partial charge < -0.3 is 0 Å². The highest BCUT2D eigenvalue weighted by molar-refractivity contribution is 8.00. The van der Waals surface area contributed by atoms with Crippen LogP contribution in [0, 0.1) is 13.1 Å². The summed E-state index contributed by atoms with van der Waals surface area (Å²) < 4.78 is 23.5. The number of rotatable bonds is 2. The summed E-state index contributed by atoms with van der Waals surface area (Å²) in [4.78, 5) is 0.256. The molecule has 0 aliphatic heterocycles. The first-order chi connectivity index (χ1) is 6.48. The molecule has 1 atom stereocenters. The Kier molecular flexibility index (Phi) is 3.17. The Morgan fingerprint density at radius 1 is 1.36 bits per heavy atom. The fourth-order valence-corrected chi connectivity index (χ4v) is 2.69. The number of aryl methyl sites for hydroxylation is 1. The molecule has 0 saturated heterocycles. The SMILES string of the molecule is C#[PH]C(=C)S(=O)(=O)c1ccc(C)cc1. The van der Waals surface area contributed by atoms with Crippen LogP contribution in [0.1, 0.15) is 5.56 Å². The summed E-state index contributed by atoms with van der Waals surface area (Å²) in [5.41, 5.74) is 1.02. The van der Waals surface area contributed by atoms with Gasteiger partial charge in [-0.3, -0.25) is 0 Å². The van der Waals surface area contributed by atoms with Gasteiger partial charge in [0.25, 0.3) is 0 Å². The van der Waals surface area contributed by atoms with Crippen LogP contribution in [0.15, 0.2) is 40.4 Å². The summed E-state index contributed by atoms with van der Waals surface area (Å²) in [5.74, 6) is 0. The number of sulfone groups is 1. The Balaban J connectivity index is 3.26. The molecule has 0 aliphatic carbocycles. The highest BCUT2D eigenvalue weighted by atomic mass is 32.2. The highest BCUT2D eigenvalue weighted by Crippen LogP contribution is 2.24. The summed E-state index contributed by atoms with van der Waals surface area (Å²) >= 11 is 0. The molecule has 0 fully saturated rings.